The molecule has 0 aromatic carbocycles. The molecule has 1 aromatic heterocycles. The van der Waals surface area contributed by atoms with Crippen molar-refractivity contribution >= 4 is 0 Å². The van der Waals surface area contributed by atoms with Crippen LogP contribution in [0.3, 0.4) is 0 Å². The topological polar surface area (TPSA) is 64.9 Å². The number of hydrogen-bond acceptors (Lipinski definition) is 3. The van der Waals surface area contributed by atoms with Crippen molar-refractivity contribution in [1.82, 2.24) is 4.98 Å². The minimum absolute atomic E-state index is 0.0984. The highest BCUT2D eigenvalue weighted by atomic mass is 14.8. The number of aromatic nitrogens is 1. The number of rotatable bonds is 3. The Morgan fingerprint density at radius 2 is 2.15 bits per heavy atom. The SMILES string of the molecule is CC(C)(CN)C(N)c1ccccn1. The van der Waals surface area contributed by atoms with Crippen LogP contribution < -0.4 is 11.5 Å². The average Bonchev–Trinajstić information content (AvgIpc) is 2.18. The Balaban J connectivity index is 2.85. The van der Waals surface area contributed by atoms with Gasteiger partial charge in [-0.25, -0.2) is 0 Å². The van der Waals surface area contributed by atoms with E-state index in [1.54, 1.807) is 6.20 Å². The molecule has 0 amide bonds. The zero-order chi connectivity index (χ0) is 9.90. The van der Waals surface area contributed by atoms with Gasteiger partial charge in [0, 0.05) is 6.20 Å². The van der Waals surface area contributed by atoms with Crippen LogP contribution in [0.25, 0.3) is 0 Å². The van der Waals surface area contributed by atoms with Gasteiger partial charge in [-0.1, -0.05) is 19.9 Å². The maximum atomic E-state index is 6.04. The lowest BCUT2D eigenvalue weighted by atomic mass is 9.83. The quantitative estimate of drug-likeness (QED) is 0.729. The van der Waals surface area contributed by atoms with Gasteiger partial charge >= 0.3 is 0 Å². The van der Waals surface area contributed by atoms with Crippen LogP contribution in [0.5, 0.6) is 0 Å². The van der Waals surface area contributed by atoms with Crippen LogP contribution in [0.4, 0.5) is 0 Å². The van der Waals surface area contributed by atoms with Gasteiger partial charge in [-0.3, -0.25) is 4.98 Å². The van der Waals surface area contributed by atoms with Crippen molar-refractivity contribution in [2.75, 3.05) is 6.54 Å². The Morgan fingerprint density at radius 1 is 1.46 bits per heavy atom. The Hall–Kier alpha value is -0.930. The van der Waals surface area contributed by atoms with E-state index in [0.29, 0.717) is 6.54 Å². The summed E-state index contributed by atoms with van der Waals surface area (Å²) in [5.74, 6) is 0. The molecular weight excluding hydrogens is 162 g/mol. The van der Waals surface area contributed by atoms with Gasteiger partial charge in [0.2, 0.25) is 0 Å². The van der Waals surface area contributed by atoms with Gasteiger partial charge in [0.05, 0.1) is 11.7 Å². The van der Waals surface area contributed by atoms with Crippen LogP contribution >= 0.6 is 0 Å². The highest BCUT2D eigenvalue weighted by Crippen LogP contribution is 2.28. The summed E-state index contributed by atoms with van der Waals surface area (Å²) >= 11 is 0. The molecule has 0 radical (unpaired) electrons. The predicted molar refractivity (Wildman–Crippen MR) is 54.0 cm³/mol. The summed E-state index contributed by atoms with van der Waals surface area (Å²) in [7, 11) is 0. The second-order valence-electron chi connectivity index (χ2n) is 3.92. The minimum atomic E-state index is -0.103. The van der Waals surface area contributed by atoms with Crippen molar-refractivity contribution in [3.8, 4) is 0 Å². The van der Waals surface area contributed by atoms with Crippen LogP contribution in [0.15, 0.2) is 24.4 Å². The zero-order valence-electron chi connectivity index (χ0n) is 8.20. The number of nitrogens with two attached hydrogens (primary N) is 2. The summed E-state index contributed by atoms with van der Waals surface area (Å²) in [6, 6.07) is 5.65. The number of nitrogens with zero attached hydrogens (tertiary/aromatic N) is 1. The molecule has 1 aromatic rings. The fourth-order valence-electron chi connectivity index (χ4n) is 1.09. The highest BCUT2D eigenvalue weighted by Gasteiger charge is 2.26. The molecule has 0 aliphatic carbocycles. The van der Waals surface area contributed by atoms with Gasteiger partial charge in [0.1, 0.15) is 0 Å². The third-order valence-electron chi connectivity index (χ3n) is 2.37. The van der Waals surface area contributed by atoms with Gasteiger partial charge < -0.3 is 11.5 Å². The van der Waals surface area contributed by atoms with Crippen molar-refractivity contribution in [3.63, 3.8) is 0 Å². The first kappa shape index (κ1) is 10.2. The highest BCUT2D eigenvalue weighted by molar-refractivity contribution is 5.11. The molecule has 0 saturated heterocycles. The largest absolute Gasteiger partial charge is 0.330 e. The predicted octanol–water partition coefficient (Wildman–Crippen LogP) is 1.07. The molecule has 3 heteroatoms. The molecule has 0 bridgehead atoms. The Kier molecular flexibility index (Phi) is 3.01. The van der Waals surface area contributed by atoms with Crippen molar-refractivity contribution < 1.29 is 0 Å². The summed E-state index contributed by atoms with van der Waals surface area (Å²) < 4.78 is 0. The summed E-state index contributed by atoms with van der Waals surface area (Å²) in [4.78, 5) is 4.21. The number of hydrogen-bond donors (Lipinski definition) is 2. The lowest BCUT2D eigenvalue weighted by Gasteiger charge is -2.29. The standard InChI is InChI=1S/C10H17N3/c1-10(2,7-11)9(12)8-5-3-4-6-13-8/h3-6,9H,7,11-12H2,1-2H3. The van der Waals surface area contributed by atoms with E-state index in [1.165, 1.54) is 0 Å². The summed E-state index contributed by atoms with van der Waals surface area (Å²) in [5, 5.41) is 0. The monoisotopic (exact) mass is 179 g/mol. The second kappa shape index (κ2) is 3.85. The molecule has 72 valence electrons. The maximum absolute atomic E-state index is 6.04. The van der Waals surface area contributed by atoms with Crippen LogP contribution in [-0.4, -0.2) is 11.5 Å². The molecule has 1 rings (SSSR count). The first-order valence-corrected chi connectivity index (χ1v) is 4.44. The van der Waals surface area contributed by atoms with Crippen molar-refractivity contribution in [2.24, 2.45) is 16.9 Å². The summed E-state index contributed by atoms with van der Waals surface area (Å²) in [6.45, 7) is 4.66. The molecular formula is C10H17N3. The van der Waals surface area contributed by atoms with E-state index in [4.69, 9.17) is 11.5 Å². The second-order valence-corrected chi connectivity index (χ2v) is 3.92. The summed E-state index contributed by atoms with van der Waals surface area (Å²) in [6.07, 6.45) is 1.75. The Bertz CT molecular complexity index is 256. The van der Waals surface area contributed by atoms with E-state index in [9.17, 15) is 0 Å². The van der Waals surface area contributed by atoms with E-state index < -0.39 is 0 Å². The normalized spacial score (nSPS) is 14.2. The first-order valence-electron chi connectivity index (χ1n) is 4.44. The third kappa shape index (κ3) is 2.26. The fourth-order valence-corrected chi connectivity index (χ4v) is 1.09. The van der Waals surface area contributed by atoms with E-state index in [0.717, 1.165) is 5.69 Å². The van der Waals surface area contributed by atoms with Crippen molar-refractivity contribution in [1.29, 1.82) is 0 Å². The Morgan fingerprint density at radius 3 is 2.62 bits per heavy atom. The van der Waals surface area contributed by atoms with Crippen LogP contribution in [-0.2, 0) is 0 Å². The molecule has 1 heterocycles. The molecule has 1 unspecified atom stereocenters. The van der Waals surface area contributed by atoms with Crippen LogP contribution in [0.1, 0.15) is 25.6 Å². The molecule has 13 heavy (non-hydrogen) atoms. The maximum Gasteiger partial charge on any atom is 0.0576 e. The third-order valence-corrected chi connectivity index (χ3v) is 2.37. The lowest BCUT2D eigenvalue weighted by molar-refractivity contribution is 0.296. The number of pyridine rings is 1. The van der Waals surface area contributed by atoms with Crippen molar-refractivity contribution in [2.45, 2.75) is 19.9 Å². The summed E-state index contributed by atoms with van der Waals surface area (Å²) in [5.41, 5.74) is 12.5. The molecule has 4 N–H and O–H groups in total. The minimum Gasteiger partial charge on any atom is -0.330 e. The van der Waals surface area contributed by atoms with E-state index in [1.807, 2.05) is 32.0 Å². The van der Waals surface area contributed by atoms with E-state index in [2.05, 4.69) is 4.98 Å². The Labute approximate surface area is 79.2 Å². The molecule has 0 spiro atoms. The van der Waals surface area contributed by atoms with Gasteiger partial charge in [0.25, 0.3) is 0 Å². The molecule has 0 aliphatic rings. The molecule has 0 fully saturated rings. The van der Waals surface area contributed by atoms with Crippen molar-refractivity contribution in [3.05, 3.63) is 30.1 Å². The molecule has 3 nitrogen and oxygen atoms in total. The van der Waals surface area contributed by atoms with Gasteiger partial charge in [0.15, 0.2) is 0 Å². The molecule has 0 saturated carbocycles. The molecule has 1 atom stereocenters. The molecule has 0 aliphatic heterocycles. The van der Waals surface area contributed by atoms with Crippen LogP contribution in [0.2, 0.25) is 0 Å². The zero-order valence-corrected chi connectivity index (χ0v) is 8.20. The van der Waals surface area contributed by atoms with Gasteiger partial charge in [-0.05, 0) is 24.1 Å². The first-order chi connectivity index (χ1) is 6.08. The smallest absolute Gasteiger partial charge is 0.0576 e. The van der Waals surface area contributed by atoms with E-state index >= 15 is 0 Å². The van der Waals surface area contributed by atoms with Gasteiger partial charge in [-0.2, -0.15) is 0 Å². The lowest BCUT2D eigenvalue weighted by Crippen LogP contribution is -2.36. The fraction of sp³-hybridized carbons (Fsp3) is 0.500. The van der Waals surface area contributed by atoms with E-state index in [-0.39, 0.29) is 11.5 Å². The van der Waals surface area contributed by atoms with Crippen LogP contribution in [0, 0.1) is 5.41 Å². The van der Waals surface area contributed by atoms with Gasteiger partial charge in [-0.15, -0.1) is 0 Å². The average molecular weight is 179 g/mol.